The van der Waals surface area contributed by atoms with Crippen molar-refractivity contribution in [3.63, 3.8) is 0 Å². The van der Waals surface area contributed by atoms with E-state index in [1.54, 1.807) is 42.5 Å². The summed E-state index contributed by atoms with van der Waals surface area (Å²) in [5.74, 6) is 0.581. The first-order chi connectivity index (χ1) is 16.1. The van der Waals surface area contributed by atoms with E-state index in [-0.39, 0.29) is 17.7 Å². The molecule has 2 heterocycles. The second-order valence-electron chi connectivity index (χ2n) is 7.98. The van der Waals surface area contributed by atoms with E-state index in [4.69, 9.17) is 18.3 Å². The molecule has 0 saturated heterocycles. The molecule has 3 aromatic rings. The number of ether oxygens (including phenoxy) is 2. The van der Waals surface area contributed by atoms with Crippen molar-refractivity contribution in [1.29, 1.82) is 0 Å². The van der Waals surface area contributed by atoms with Gasteiger partial charge >= 0.3 is 0 Å². The van der Waals surface area contributed by atoms with Gasteiger partial charge in [-0.25, -0.2) is 0 Å². The molecule has 1 aliphatic carbocycles. The van der Waals surface area contributed by atoms with Crippen LogP contribution < -0.4 is 19.7 Å². The van der Waals surface area contributed by atoms with Gasteiger partial charge in [0.1, 0.15) is 17.3 Å². The lowest BCUT2D eigenvalue weighted by atomic mass is 9.95. The largest absolute Gasteiger partial charge is 0.497 e. The molecule has 174 valence electrons. The minimum Gasteiger partial charge on any atom is -0.497 e. The van der Waals surface area contributed by atoms with Crippen LogP contribution in [0.15, 0.2) is 63.8 Å². The third-order valence-electron chi connectivity index (χ3n) is 5.84. The van der Waals surface area contributed by atoms with Crippen LogP contribution in [0.5, 0.6) is 11.5 Å². The highest BCUT2D eigenvalue weighted by Gasteiger charge is 2.37. The predicted octanol–water partition coefficient (Wildman–Crippen LogP) is 4.73. The number of hydrogen-bond acceptors (Lipinski definition) is 6. The van der Waals surface area contributed by atoms with Gasteiger partial charge in [0.2, 0.25) is 0 Å². The van der Waals surface area contributed by atoms with Crippen molar-refractivity contribution >= 4 is 17.5 Å². The lowest BCUT2D eigenvalue weighted by molar-refractivity contribution is -0.123. The predicted molar refractivity (Wildman–Crippen MR) is 122 cm³/mol. The highest BCUT2D eigenvalue weighted by Crippen LogP contribution is 2.35. The zero-order valence-corrected chi connectivity index (χ0v) is 18.8. The number of anilines is 1. The number of carbonyl (C=O) groups excluding carboxylic acids is 2. The number of rotatable bonds is 8. The Bertz CT molecular complexity index is 1030. The fraction of sp³-hybridized carbons (Fsp3) is 0.360. The van der Waals surface area contributed by atoms with Crippen LogP contribution in [-0.2, 0) is 4.79 Å². The summed E-state index contributed by atoms with van der Waals surface area (Å²) in [6.45, 7) is 0. The van der Waals surface area contributed by atoms with E-state index in [0.717, 1.165) is 25.7 Å². The monoisotopic (exact) mass is 452 g/mol. The molecule has 8 heteroatoms. The molecule has 4 rings (SSSR count). The third-order valence-corrected chi connectivity index (χ3v) is 5.84. The van der Waals surface area contributed by atoms with Crippen LogP contribution in [0.1, 0.15) is 54.5 Å². The zero-order valence-electron chi connectivity index (χ0n) is 18.8. The Morgan fingerprint density at radius 2 is 1.64 bits per heavy atom. The molecule has 1 fully saturated rings. The highest BCUT2D eigenvalue weighted by molar-refractivity contribution is 6.08. The van der Waals surface area contributed by atoms with Gasteiger partial charge in [-0.2, -0.15) is 0 Å². The summed E-state index contributed by atoms with van der Waals surface area (Å²) in [5, 5.41) is 3.13. The molecule has 8 nitrogen and oxygen atoms in total. The van der Waals surface area contributed by atoms with Crippen molar-refractivity contribution in [3.8, 4) is 11.5 Å². The average Bonchev–Trinajstić information content (AvgIpc) is 3.57. The second kappa shape index (κ2) is 10.3. The number of benzene rings is 1. The molecule has 2 amide bonds. The van der Waals surface area contributed by atoms with Crippen LogP contribution >= 0.6 is 0 Å². The molecule has 0 bridgehead atoms. The van der Waals surface area contributed by atoms with Crippen molar-refractivity contribution in [3.05, 3.63) is 66.5 Å². The summed E-state index contributed by atoms with van der Waals surface area (Å²) in [6.07, 6.45) is 8.03. The zero-order chi connectivity index (χ0) is 23.2. The Morgan fingerprint density at radius 1 is 0.970 bits per heavy atom. The van der Waals surface area contributed by atoms with Crippen LogP contribution in [0.4, 0.5) is 5.69 Å². The second-order valence-corrected chi connectivity index (χ2v) is 7.98. The van der Waals surface area contributed by atoms with Crippen molar-refractivity contribution in [2.75, 3.05) is 19.1 Å². The van der Waals surface area contributed by atoms with E-state index >= 15 is 0 Å². The highest BCUT2D eigenvalue weighted by atomic mass is 16.5. The normalized spacial score (nSPS) is 15.0. The van der Waals surface area contributed by atoms with E-state index in [9.17, 15) is 9.59 Å². The van der Waals surface area contributed by atoms with Crippen molar-refractivity contribution < 1.29 is 27.9 Å². The van der Waals surface area contributed by atoms with Crippen LogP contribution in [0.3, 0.4) is 0 Å². The van der Waals surface area contributed by atoms with E-state index in [1.165, 1.54) is 38.1 Å². The van der Waals surface area contributed by atoms with Crippen molar-refractivity contribution in [2.24, 2.45) is 0 Å². The van der Waals surface area contributed by atoms with Gasteiger partial charge in [-0.3, -0.25) is 14.5 Å². The van der Waals surface area contributed by atoms with E-state index in [2.05, 4.69) is 5.32 Å². The first kappa shape index (κ1) is 22.5. The number of nitrogens with zero attached hydrogens (tertiary/aromatic N) is 1. The van der Waals surface area contributed by atoms with Crippen LogP contribution in [0, 0.1) is 0 Å². The molecule has 1 aromatic carbocycles. The topological polar surface area (TPSA) is 94.2 Å². The van der Waals surface area contributed by atoms with E-state index in [0.29, 0.717) is 22.9 Å². The quantitative estimate of drug-likeness (QED) is 0.531. The molecule has 1 saturated carbocycles. The molecular weight excluding hydrogens is 424 g/mol. The Labute approximate surface area is 192 Å². The molecule has 0 unspecified atom stereocenters. The maximum atomic E-state index is 13.7. The minimum atomic E-state index is -1.06. The summed E-state index contributed by atoms with van der Waals surface area (Å²) in [4.78, 5) is 28.7. The molecule has 0 aliphatic heterocycles. The first-order valence-electron chi connectivity index (χ1n) is 11.0. The fourth-order valence-electron chi connectivity index (χ4n) is 4.18. The van der Waals surface area contributed by atoms with Gasteiger partial charge in [0, 0.05) is 24.2 Å². The fourth-order valence-corrected chi connectivity index (χ4v) is 4.18. The Balaban J connectivity index is 1.80. The Hall–Kier alpha value is -3.68. The SMILES string of the molecule is COc1cc(OC)cc(N(C(=O)c2ccco2)[C@@H](C(=O)NC2CCCCC2)c2ccco2)c1. The van der Waals surface area contributed by atoms with E-state index in [1.807, 2.05) is 0 Å². The summed E-state index contributed by atoms with van der Waals surface area (Å²) >= 11 is 0. The molecule has 0 radical (unpaired) electrons. The standard InChI is InChI=1S/C25H28N2O6/c1-30-19-14-18(15-20(16-19)31-2)27(25(29)22-11-7-13-33-22)23(21-10-6-12-32-21)24(28)26-17-8-4-3-5-9-17/h6-7,10-17,23H,3-5,8-9H2,1-2H3,(H,26,28)/t23-/m1/s1. The summed E-state index contributed by atoms with van der Waals surface area (Å²) in [7, 11) is 3.05. The number of nitrogens with one attached hydrogen (secondary N) is 1. The third kappa shape index (κ3) is 5.05. The van der Waals surface area contributed by atoms with Crippen molar-refractivity contribution in [1.82, 2.24) is 5.32 Å². The smallest absolute Gasteiger partial charge is 0.295 e. The van der Waals surface area contributed by atoms with Gasteiger partial charge in [0.15, 0.2) is 11.8 Å². The number of carbonyl (C=O) groups is 2. The number of furan rings is 2. The molecule has 2 aromatic heterocycles. The summed E-state index contributed by atoms with van der Waals surface area (Å²) in [5.41, 5.74) is 0.410. The molecule has 33 heavy (non-hydrogen) atoms. The number of methoxy groups -OCH3 is 2. The van der Waals surface area contributed by atoms with Gasteiger partial charge < -0.3 is 23.6 Å². The minimum absolute atomic E-state index is 0.0594. The molecule has 0 spiro atoms. The Kier molecular flexibility index (Phi) is 7.02. The van der Waals surface area contributed by atoms with Gasteiger partial charge in [0.05, 0.1) is 32.4 Å². The average molecular weight is 453 g/mol. The number of amides is 2. The Morgan fingerprint density at radius 3 is 2.21 bits per heavy atom. The number of hydrogen-bond donors (Lipinski definition) is 1. The van der Waals surface area contributed by atoms with Gasteiger partial charge in [0.25, 0.3) is 11.8 Å². The summed E-state index contributed by atoms with van der Waals surface area (Å²) < 4.78 is 21.8. The van der Waals surface area contributed by atoms with Crippen LogP contribution in [-0.4, -0.2) is 32.1 Å². The molecular formula is C25H28N2O6. The first-order valence-corrected chi connectivity index (χ1v) is 11.0. The van der Waals surface area contributed by atoms with Gasteiger partial charge in [-0.05, 0) is 37.1 Å². The maximum absolute atomic E-state index is 13.7. The summed E-state index contributed by atoms with van der Waals surface area (Å²) in [6, 6.07) is 10.6. The molecule has 1 N–H and O–H groups in total. The lowest BCUT2D eigenvalue weighted by Gasteiger charge is -2.32. The van der Waals surface area contributed by atoms with Crippen LogP contribution in [0.2, 0.25) is 0 Å². The van der Waals surface area contributed by atoms with Gasteiger partial charge in [-0.15, -0.1) is 0 Å². The van der Waals surface area contributed by atoms with Gasteiger partial charge in [-0.1, -0.05) is 19.3 Å². The molecule has 1 atom stereocenters. The van der Waals surface area contributed by atoms with Crippen molar-refractivity contribution in [2.45, 2.75) is 44.2 Å². The molecule has 1 aliphatic rings. The maximum Gasteiger partial charge on any atom is 0.295 e. The lowest BCUT2D eigenvalue weighted by Crippen LogP contribution is -2.47. The van der Waals surface area contributed by atoms with E-state index < -0.39 is 11.9 Å². The van der Waals surface area contributed by atoms with Crippen LogP contribution in [0.25, 0.3) is 0 Å².